The Balaban J connectivity index is 1.62. The fourth-order valence-corrected chi connectivity index (χ4v) is 4.77. The first-order valence-corrected chi connectivity index (χ1v) is 11.4. The van der Waals surface area contributed by atoms with Gasteiger partial charge in [-0.05, 0) is 81.1 Å². The molecule has 1 atom stereocenters. The lowest BCUT2D eigenvalue weighted by molar-refractivity contribution is -0.122. The molecule has 1 fully saturated rings. The number of amides is 1. The molecule has 156 valence electrons. The van der Waals surface area contributed by atoms with Crippen molar-refractivity contribution in [3.05, 3.63) is 53.6 Å². The Labute approximate surface area is 172 Å². The van der Waals surface area contributed by atoms with Gasteiger partial charge in [0, 0.05) is 18.8 Å². The average molecular weight is 417 g/mol. The van der Waals surface area contributed by atoms with Crippen LogP contribution in [0.25, 0.3) is 0 Å². The van der Waals surface area contributed by atoms with Crippen LogP contribution in [0.4, 0.5) is 5.69 Å². The van der Waals surface area contributed by atoms with Gasteiger partial charge >= 0.3 is 0 Å². The van der Waals surface area contributed by atoms with E-state index in [1.165, 1.54) is 16.4 Å². The number of hydrogen-bond acceptors (Lipinski definition) is 4. The van der Waals surface area contributed by atoms with E-state index in [2.05, 4.69) is 5.32 Å². The maximum atomic E-state index is 12.7. The molecule has 2 aromatic rings. The Bertz CT molecular complexity index is 965. The van der Waals surface area contributed by atoms with Gasteiger partial charge in [-0.3, -0.25) is 4.79 Å². The summed E-state index contributed by atoms with van der Waals surface area (Å²) in [5.74, 6) is 0.341. The summed E-state index contributed by atoms with van der Waals surface area (Å²) in [5.41, 5.74) is 2.79. The normalized spacial score (nSPS) is 16.2. The van der Waals surface area contributed by atoms with Gasteiger partial charge in [0.25, 0.3) is 5.91 Å². The van der Waals surface area contributed by atoms with E-state index >= 15 is 0 Å². The number of piperidine rings is 1. The van der Waals surface area contributed by atoms with Crippen molar-refractivity contribution in [2.24, 2.45) is 0 Å². The molecule has 0 saturated carbocycles. The summed E-state index contributed by atoms with van der Waals surface area (Å²) in [5, 5.41) is 2.77. The predicted octanol–water partition coefficient (Wildman–Crippen LogP) is 3.88. The zero-order valence-electron chi connectivity index (χ0n) is 17.1. The van der Waals surface area contributed by atoms with Crippen LogP contribution in [0.15, 0.2) is 47.4 Å². The molecule has 0 bridgehead atoms. The van der Waals surface area contributed by atoms with Gasteiger partial charge in [0.2, 0.25) is 10.0 Å². The number of hydrogen-bond donors (Lipinski definition) is 1. The first-order chi connectivity index (χ1) is 13.8. The Hall–Kier alpha value is -2.38. The van der Waals surface area contributed by atoms with E-state index in [1.807, 2.05) is 32.0 Å². The summed E-state index contributed by atoms with van der Waals surface area (Å²) < 4.78 is 32.7. The van der Waals surface area contributed by atoms with Gasteiger partial charge in [0.1, 0.15) is 5.75 Å². The van der Waals surface area contributed by atoms with Crippen molar-refractivity contribution in [1.29, 1.82) is 0 Å². The molecule has 1 saturated heterocycles. The summed E-state index contributed by atoms with van der Waals surface area (Å²) in [6.45, 7) is 6.82. The second kappa shape index (κ2) is 8.97. The summed E-state index contributed by atoms with van der Waals surface area (Å²) in [6.07, 6.45) is 2.17. The third-order valence-electron chi connectivity index (χ3n) is 5.24. The van der Waals surface area contributed by atoms with Gasteiger partial charge in [0.15, 0.2) is 6.10 Å². The Morgan fingerprint density at radius 2 is 1.66 bits per heavy atom. The van der Waals surface area contributed by atoms with Crippen LogP contribution < -0.4 is 10.1 Å². The van der Waals surface area contributed by atoms with Crippen LogP contribution in [0.5, 0.6) is 5.75 Å². The van der Waals surface area contributed by atoms with Crippen LogP contribution in [0.1, 0.15) is 37.3 Å². The highest BCUT2D eigenvalue weighted by Crippen LogP contribution is 2.22. The quantitative estimate of drug-likeness (QED) is 0.775. The van der Waals surface area contributed by atoms with Crippen LogP contribution in [-0.4, -0.2) is 37.8 Å². The van der Waals surface area contributed by atoms with E-state index in [1.54, 1.807) is 19.1 Å². The zero-order valence-corrected chi connectivity index (χ0v) is 18.0. The second-order valence-corrected chi connectivity index (χ2v) is 9.42. The van der Waals surface area contributed by atoms with E-state index < -0.39 is 16.1 Å². The molecular formula is C22H28N2O4S. The van der Waals surface area contributed by atoms with Gasteiger partial charge in [0.05, 0.1) is 4.90 Å². The molecule has 1 heterocycles. The molecular weight excluding hydrogens is 388 g/mol. The molecule has 3 rings (SSSR count). The third kappa shape index (κ3) is 5.16. The van der Waals surface area contributed by atoms with Crippen molar-refractivity contribution in [3.63, 3.8) is 0 Å². The number of aryl methyl sites for hydroxylation is 2. The molecule has 1 amide bonds. The lowest BCUT2D eigenvalue weighted by Crippen LogP contribution is -2.35. The second-order valence-electron chi connectivity index (χ2n) is 7.48. The first kappa shape index (κ1) is 21.3. The number of rotatable bonds is 6. The first-order valence-electron chi connectivity index (χ1n) is 9.92. The maximum absolute atomic E-state index is 12.7. The fourth-order valence-electron chi connectivity index (χ4n) is 3.25. The smallest absolute Gasteiger partial charge is 0.265 e. The minimum Gasteiger partial charge on any atom is -0.481 e. The van der Waals surface area contributed by atoms with Crippen molar-refractivity contribution >= 4 is 21.6 Å². The minimum atomic E-state index is -3.48. The monoisotopic (exact) mass is 416 g/mol. The van der Waals surface area contributed by atoms with Crippen LogP contribution in [0, 0.1) is 13.8 Å². The number of anilines is 1. The minimum absolute atomic E-state index is 0.247. The van der Waals surface area contributed by atoms with Crippen molar-refractivity contribution in [3.8, 4) is 5.75 Å². The van der Waals surface area contributed by atoms with Gasteiger partial charge in [-0.1, -0.05) is 12.5 Å². The summed E-state index contributed by atoms with van der Waals surface area (Å²) in [6, 6.07) is 12.0. The van der Waals surface area contributed by atoms with Crippen molar-refractivity contribution in [2.75, 3.05) is 18.4 Å². The van der Waals surface area contributed by atoms with Crippen LogP contribution in [0.3, 0.4) is 0 Å². The molecule has 1 N–H and O–H groups in total. The Morgan fingerprint density at radius 3 is 2.28 bits per heavy atom. The van der Waals surface area contributed by atoms with E-state index in [0.29, 0.717) is 24.5 Å². The molecule has 1 aliphatic rings. The molecule has 1 aliphatic heterocycles. The average Bonchev–Trinajstić information content (AvgIpc) is 2.72. The van der Waals surface area contributed by atoms with E-state index in [9.17, 15) is 13.2 Å². The molecule has 7 heteroatoms. The fraction of sp³-hybridized carbons (Fsp3) is 0.409. The summed E-state index contributed by atoms with van der Waals surface area (Å²) in [7, 11) is -3.48. The molecule has 6 nitrogen and oxygen atoms in total. The molecule has 0 aliphatic carbocycles. The molecule has 29 heavy (non-hydrogen) atoms. The number of ether oxygens (including phenoxy) is 1. The van der Waals surface area contributed by atoms with Crippen LogP contribution in [0.2, 0.25) is 0 Å². The van der Waals surface area contributed by atoms with Crippen molar-refractivity contribution in [2.45, 2.75) is 51.0 Å². The summed E-state index contributed by atoms with van der Waals surface area (Å²) >= 11 is 0. The number of nitrogens with one attached hydrogen (secondary N) is 1. The lowest BCUT2D eigenvalue weighted by atomic mass is 10.1. The standard InChI is InChI=1S/C22H28N2O4S/c1-16-7-10-20(15-17(16)2)28-18(3)22(25)23-19-8-11-21(12-9-19)29(26,27)24-13-5-4-6-14-24/h7-12,15,18H,4-6,13-14H2,1-3H3,(H,23,25). The van der Waals surface area contributed by atoms with E-state index in [4.69, 9.17) is 4.74 Å². The largest absolute Gasteiger partial charge is 0.481 e. The van der Waals surface area contributed by atoms with E-state index in [-0.39, 0.29) is 10.8 Å². The van der Waals surface area contributed by atoms with E-state index in [0.717, 1.165) is 30.4 Å². The van der Waals surface area contributed by atoms with Gasteiger partial charge in [-0.2, -0.15) is 4.31 Å². The maximum Gasteiger partial charge on any atom is 0.265 e. The molecule has 1 unspecified atom stereocenters. The highest BCUT2D eigenvalue weighted by Gasteiger charge is 2.25. The Kier molecular flexibility index (Phi) is 6.59. The molecule has 0 radical (unpaired) electrons. The predicted molar refractivity (Wildman–Crippen MR) is 114 cm³/mol. The number of benzene rings is 2. The highest BCUT2D eigenvalue weighted by atomic mass is 32.2. The number of carbonyl (C=O) groups excluding carboxylic acids is 1. The van der Waals surface area contributed by atoms with Crippen LogP contribution in [-0.2, 0) is 14.8 Å². The topological polar surface area (TPSA) is 75.7 Å². The lowest BCUT2D eigenvalue weighted by Gasteiger charge is -2.25. The van der Waals surface area contributed by atoms with Gasteiger partial charge < -0.3 is 10.1 Å². The Morgan fingerprint density at radius 1 is 1.00 bits per heavy atom. The SMILES string of the molecule is Cc1ccc(OC(C)C(=O)Nc2ccc(S(=O)(=O)N3CCCCC3)cc2)cc1C. The highest BCUT2D eigenvalue weighted by molar-refractivity contribution is 7.89. The number of sulfonamides is 1. The number of nitrogens with zero attached hydrogens (tertiary/aromatic N) is 1. The summed E-state index contributed by atoms with van der Waals surface area (Å²) in [4.78, 5) is 12.7. The van der Waals surface area contributed by atoms with Crippen molar-refractivity contribution in [1.82, 2.24) is 4.31 Å². The molecule has 0 aromatic heterocycles. The van der Waals surface area contributed by atoms with Crippen molar-refractivity contribution < 1.29 is 17.9 Å². The third-order valence-corrected chi connectivity index (χ3v) is 7.15. The zero-order chi connectivity index (χ0) is 21.0. The molecule has 2 aromatic carbocycles. The van der Waals surface area contributed by atoms with Crippen LogP contribution >= 0.6 is 0 Å². The van der Waals surface area contributed by atoms with Gasteiger partial charge in [-0.15, -0.1) is 0 Å². The van der Waals surface area contributed by atoms with Gasteiger partial charge in [-0.25, -0.2) is 8.42 Å². The molecule has 0 spiro atoms. The number of carbonyl (C=O) groups is 1.